The highest BCUT2D eigenvalue weighted by Crippen LogP contribution is 2.66. The maximum Gasteiger partial charge on any atom is 0.490 e. The van der Waals surface area contributed by atoms with E-state index in [1.54, 1.807) is 19.9 Å². The molecule has 1 aliphatic heterocycles. The molecule has 13 nitrogen and oxygen atoms in total. The van der Waals surface area contributed by atoms with E-state index in [0.717, 1.165) is 0 Å². The number of nitrogens with two attached hydrogens (primary N) is 1. The molecule has 0 fully saturated rings. The van der Waals surface area contributed by atoms with Crippen LogP contribution in [0.4, 0.5) is 0 Å². The van der Waals surface area contributed by atoms with Crippen LogP contribution in [0.2, 0.25) is 0 Å². The maximum atomic E-state index is 11.8. The molecule has 0 saturated heterocycles. The summed E-state index contributed by atoms with van der Waals surface area (Å²) in [7, 11) is -16.1. The summed E-state index contributed by atoms with van der Waals surface area (Å²) < 4.78 is 45.2. The minimum absolute atomic E-state index is 0.101. The summed E-state index contributed by atoms with van der Waals surface area (Å²) in [4.78, 5) is 50.8. The van der Waals surface area contributed by atoms with Crippen molar-refractivity contribution >= 4 is 35.2 Å². The number of rotatable bonds is 10. The van der Waals surface area contributed by atoms with Gasteiger partial charge in [0.05, 0.1) is 12.5 Å². The molecule has 6 N–H and O–H groups in total. The Kier molecular flexibility index (Phi) is 8.28. The Labute approximate surface area is 154 Å². The molecule has 0 aromatic heterocycles. The summed E-state index contributed by atoms with van der Waals surface area (Å²) in [6.45, 7) is 2.96. The van der Waals surface area contributed by atoms with Gasteiger partial charge in [-0.05, 0) is 24.3 Å². The molecule has 0 spiro atoms. The lowest BCUT2D eigenvalue weighted by molar-refractivity contribution is -0.121. The molecule has 1 heterocycles. The number of amides is 1. The molecular formula is C11H21N2O11P3. The Morgan fingerprint density at radius 2 is 1.74 bits per heavy atom. The number of aliphatic imine (C=N–C) groups is 1. The number of nitrogens with zero attached hydrogens (tertiary/aromatic N) is 1. The standard InChI is InChI=1S/C11H21N2O11P3/c1-7(5-8(2)9-3-4-10(12)13-11(9)14)6-22-26(18,19)24-27(20,21)23-25(15,16)17/h3-4,7-9H,5-6H2,1-2H3,(H,18,19)(H,20,21)(H2,12,13,14)(H2,15,16,17). The molecule has 27 heavy (non-hydrogen) atoms. The van der Waals surface area contributed by atoms with E-state index >= 15 is 0 Å². The third kappa shape index (κ3) is 9.36. The van der Waals surface area contributed by atoms with E-state index in [-0.39, 0.29) is 11.8 Å². The Morgan fingerprint density at radius 1 is 1.15 bits per heavy atom. The number of dihydropyridines is 1. The van der Waals surface area contributed by atoms with Gasteiger partial charge in [-0.1, -0.05) is 19.9 Å². The predicted octanol–water partition coefficient (Wildman–Crippen LogP) is 1.06. The highest BCUT2D eigenvalue weighted by molar-refractivity contribution is 7.66. The number of hydrogen-bond acceptors (Lipinski definition) is 8. The van der Waals surface area contributed by atoms with Gasteiger partial charge >= 0.3 is 23.5 Å². The second-order valence-electron chi connectivity index (χ2n) is 5.96. The highest BCUT2D eigenvalue weighted by atomic mass is 31.3. The van der Waals surface area contributed by atoms with Crippen LogP contribution in [0.1, 0.15) is 20.3 Å². The van der Waals surface area contributed by atoms with E-state index in [1.165, 1.54) is 6.08 Å². The predicted molar refractivity (Wildman–Crippen MR) is 92.0 cm³/mol. The summed E-state index contributed by atoms with van der Waals surface area (Å²) >= 11 is 0. The lowest BCUT2D eigenvalue weighted by Crippen LogP contribution is -2.27. The Balaban J connectivity index is 2.55. The Hall–Kier alpha value is -0.710. The molecule has 0 aliphatic carbocycles. The molecular weight excluding hydrogens is 429 g/mol. The van der Waals surface area contributed by atoms with Crippen molar-refractivity contribution in [3.8, 4) is 0 Å². The molecule has 156 valence electrons. The van der Waals surface area contributed by atoms with Gasteiger partial charge in [0.2, 0.25) is 0 Å². The van der Waals surface area contributed by atoms with Gasteiger partial charge in [-0.3, -0.25) is 9.32 Å². The van der Waals surface area contributed by atoms with Gasteiger partial charge < -0.3 is 25.3 Å². The molecule has 16 heteroatoms. The number of carbonyl (C=O) groups is 1. The minimum Gasteiger partial charge on any atom is -0.384 e. The zero-order valence-electron chi connectivity index (χ0n) is 14.3. The Morgan fingerprint density at radius 3 is 2.26 bits per heavy atom. The molecule has 1 amide bonds. The zero-order chi connectivity index (χ0) is 21.0. The van der Waals surface area contributed by atoms with Crippen LogP contribution in [0.25, 0.3) is 0 Å². The van der Waals surface area contributed by atoms with Gasteiger partial charge in [-0.25, -0.2) is 13.7 Å². The van der Waals surface area contributed by atoms with E-state index in [1.807, 2.05) is 0 Å². The van der Waals surface area contributed by atoms with Crippen LogP contribution >= 0.6 is 23.5 Å². The first-order chi connectivity index (χ1) is 12.1. The fourth-order valence-electron chi connectivity index (χ4n) is 2.33. The lowest BCUT2D eigenvalue weighted by atomic mass is 9.85. The van der Waals surface area contributed by atoms with Crippen LogP contribution in [0, 0.1) is 17.8 Å². The van der Waals surface area contributed by atoms with Crippen LogP contribution in [0.15, 0.2) is 17.1 Å². The van der Waals surface area contributed by atoms with Gasteiger partial charge in [0.25, 0.3) is 5.91 Å². The molecule has 0 bridgehead atoms. The highest BCUT2D eigenvalue weighted by Gasteiger charge is 2.40. The first kappa shape index (κ1) is 24.3. The molecule has 1 rings (SSSR count). The molecule has 0 aromatic rings. The van der Waals surface area contributed by atoms with Gasteiger partial charge in [-0.2, -0.15) is 13.6 Å². The fourth-order valence-corrected chi connectivity index (χ4v) is 5.47. The largest absolute Gasteiger partial charge is 0.490 e. The number of amidine groups is 1. The van der Waals surface area contributed by atoms with E-state index in [4.69, 9.17) is 20.4 Å². The van der Waals surface area contributed by atoms with Crippen LogP contribution < -0.4 is 5.73 Å². The Bertz CT molecular complexity index is 761. The quantitative estimate of drug-likeness (QED) is 0.295. The molecule has 0 aromatic carbocycles. The number of hydrogen-bond donors (Lipinski definition) is 5. The van der Waals surface area contributed by atoms with E-state index in [2.05, 4.69) is 18.1 Å². The van der Waals surface area contributed by atoms with Crippen molar-refractivity contribution in [3.63, 3.8) is 0 Å². The summed E-state index contributed by atoms with van der Waals surface area (Å²) in [5, 5.41) is 0. The summed E-state index contributed by atoms with van der Waals surface area (Å²) in [5.74, 6) is -1.45. The first-order valence-corrected chi connectivity index (χ1v) is 12.0. The SMILES string of the molecule is CC(COP(=O)(O)OP(=O)(O)OP(=O)(O)O)CC(C)C1C=CC(N)=NC1=O. The lowest BCUT2D eigenvalue weighted by Gasteiger charge is -2.24. The normalized spacial score (nSPS) is 24.6. The van der Waals surface area contributed by atoms with Crippen molar-refractivity contribution < 1.29 is 51.2 Å². The minimum atomic E-state index is -5.54. The number of phosphoric acid groups is 3. The second kappa shape index (κ2) is 9.19. The summed E-state index contributed by atoms with van der Waals surface area (Å²) in [5.41, 5.74) is 5.42. The van der Waals surface area contributed by atoms with E-state index in [9.17, 15) is 23.4 Å². The van der Waals surface area contributed by atoms with Crippen molar-refractivity contribution in [1.82, 2.24) is 0 Å². The first-order valence-electron chi connectivity index (χ1n) is 7.45. The number of carbonyl (C=O) groups excluding carboxylic acids is 1. The van der Waals surface area contributed by atoms with Crippen molar-refractivity contribution in [3.05, 3.63) is 12.2 Å². The van der Waals surface area contributed by atoms with Crippen LogP contribution in [0.3, 0.4) is 0 Å². The second-order valence-corrected chi connectivity index (χ2v) is 10.4. The topological polar surface area (TPSA) is 215 Å². The van der Waals surface area contributed by atoms with Crippen LogP contribution in [-0.4, -0.2) is 37.9 Å². The van der Waals surface area contributed by atoms with E-state index in [0.29, 0.717) is 6.42 Å². The average Bonchev–Trinajstić information content (AvgIpc) is 2.41. The summed E-state index contributed by atoms with van der Waals surface area (Å²) in [6, 6.07) is 0. The fraction of sp³-hybridized carbons (Fsp3) is 0.636. The third-order valence-corrected chi connectivity index (χ3v) is 7.13. The van der Waals surface area contributed by atoms with Gasteiger partial charge in [-0.15, -0.1) is 0 Å². The number of phosphoric ester groups is 1. The molecule has 1 aliphatic rings. The average molecular weight is 450 g/mol. The van der Waals surface area contributed by atoms with Crippen LogP contribution in [0.5, 0.6) is 0 Å². The maximum absolute atomic E-state index is 11.8. The zero-order valence-corrected chi connectivity index (χ0v) is 17.0. The van der Waals surface area contributed by atoms with Crippen molar-refractivity contribution in [2.24, 2.45) is 28.5 Å². The third-order valence-electron chi connectivity index (χ3n) is 3.32. The van der Waals surface area contributed by atoms with Gasteiger partial charge in [0.1, 0.15) is 5.84 Å². The van der Waals surface area contributed by atoms with Crippen molar-refractivity contribution in [2.45, 2.75) is 20.3 Å². The molecule has 5 unspecified atom stereocenters. The summed E-state index contributed by atoms with van der Waals surface area (Å²) in [6.07, 6.45) is 3.45. The van der Waals surface area contributed by atoms with Gasteiger partial charge in [0, 0.05) is 0 Å². The van der Waals surface area contributed by atoms with Crippen molar-refractivity contribution in [2.75, 3.05) is 6.61 Å². The smallest absolute Gasteiger partial charge is 0.384 e. The van der Waals surface area contributed by atoms with Gasteiger partial charge in [0.15, 0.2) is 0 Å². The van der Waals surface area contributed by atoms with Crippen LogP contribution in [-0.2, 0) is 31.6 Å². The molecule has 0 radical (unpaired) electrons. The van der Waals surface area contributed by atoms with E-state index < -0.39 is 47.8 Å². The molecule has 0 saturated carbocycles. The van der Waals surface area contributed by atoms with Crippen molar-refractivity contribution in [1.29, 1.82) is 0 Å². The molecule has 5 atom stereocenters. The monoisotopic (exact) mass is 450 g/mol.